The van der Waals surface area contributed by atoms with E-state index in [0.717, 1.165) is 6.61 Å². The molecule has 21 heavy (non-hydrogen) atoms. The number of hydrogen-bond acceptors (Lipinski definition) is 2. The van der Waals surface area contributed by atoms with Crippen molar-refractivity contribution in [3.8, 4) is 0 Å². The Morgan fingerprint density at radius 2 is 1.62 bits per heavy atom. The van der Waals surface area contributed by atoms with Gasteiger partial charge in [-0.25, -0.2) is 0 Å². The van der Waals surface area contributed by atoms with Gasteiger partial charge in [0.25, 0.3) is 0 Å². The molecule has 0 aromatic heterocycles. The molecule has 3 heteroatoms. The zero-order chi connectivity index (χ0) is 14.7. The van der Waals surface area contributed by atoms with Crippen molar-refractivity contribution < 1.29 is 4.84 Å². The van der Waals surface area contributed by atoms with E-state index in [-0.39, 0.29) is 0 Å². The molecule has 2 nitrogen and oxygen atoms in total. The van der Waals surface area contributed by atoms with E-state index in [9.17, 15) is 0 Å². The van der Waals surface area contributed by atoms with Gasteiger partial charge >= 0.3 is 133 Å². The Hall–Kier alpha value is -1.12. The fourth-order valence-corrected chi connectivity index (χ4v) is 5.26. The first-order valence-electron chi connectivity index (χ1n) is 7.43. The molecule has 0 unspecified atom stereocenters. The molecule has 1 saturated heterocycles. The zero-order valence-corrected chi connectivity index (χ0v) is 14.2. The monoisotopic (exact) mass is 347 g/mol. The van der Waals surface area contributed by atoms with E-state index in [1.807, 2.05) is 0 Å². The van der Waals surface area contributed by atoms with Gasteiger partial charge in [-0.05, 0) is 0 Å². The van der Waals surface area contributed by atoms with E-state index in [1.165, 1.54) is 10.0 Å². The van der Waals surface area contributed by atoms with Crippen LogP contribution in [-0.2, 0) is 4.84 Å². The predicted molar refractivity (Wildman–Crippen MR) is 87.7 cm³/mol. The molecule has 0 amide bonds. The molecule has 2 atom stereocenters. The minimum absolute atomic E-state index is 0.367. The molecule has 1 fully saturated rings. The van der Waals surface area contributed by atoms with E-state index >= 15 is 0 Å². The predicted octanol–water partition coefficient (Wildman–Crippen LogP) is 3.20. The summed E-state index contributed by atoms with van der Waals surface area (Å²) in [6.07, 6.45) is 0. The van der Waals surface area contributed by atoms with Gasteiger partial charge in [0.2, 0.25) is 0 Å². The normalized spacial score (nSPS) is 22.8. The molecule has 0 saturated carbocycles. The molecule has 0 aliphatic carbocycles. The third kappa shape index (κ3) is 3.38. The molecule has 0 bridgehead atoms. The van der Waals surface area contributed by atoms with E-state index in [2.05, 4.69) is 79.6 Å². The van der Waals surface area contributed by atoms with Crippen LogP contribution in [0.25, 0.3) is 0 Å². The van der Waals surface area contributed by atoms with Crippen molar-refractivity contribution >= 4 is 19.4 Å². The number of nitrogens with zero attached hydrogens (tertiary/aromatic N) is 1. The SMILES string of the molecule is CC(C)N1OC[C@@H]([Se]c2ccccc2)[C@@H]1c1ccccc1. The number of benzene rings is 2. The Kier molecular flexibility index (Phi) is 4.76. The number of rotatable bonds is 4. The molecule has 2 aromatic rings. The van der Waals surface area contributed by atoms with Gasteiger partial charge in [0, 0.05) is 0 Å². The number of hydroxylamine groups is 2. The first-order chi connectivity index (χ1) is 10.3. The van der Waals surface area contributed by atoms with Crippen LogP contribution < -0.4 is 4.46 Å². The van der Waals surface area contributed by atoms with Crippen LogP contribution in [0, 0.1) is 0 Å². The molecule has 0 spiro atoms. The quantitative estimate of drug-likeness (QED) is 0.789. The van der Waals surface area contributed by atoms with E-state index in [0.29, 0.717) is 31.9 Å². The Balaban J connectivity index is 1.85. The van der Waals surface area contributed by atoms with Crippen LogP contribution >= 0.6 is 0 Å². The van der Waals surface area contributed by atoms with Crippen LogP contribution in [0.2, 0.25) is 4.82 Å². The third-order valence-electron chi connectivity index (χ3n) is 3.69. The van der Waals surface area contributed by atoms with Crippen LogP contribution in [0.15, 0.2) is 60.7 Å². The summed E-state index contributed by atoms with van der Waals surface area (Å²) >= 11 is 0.422. The molecule has 3 rings (SSSR count). The van der Waals surface area contributed by atoms with Crippen LogP contribution in [0.3, 0.4) is 0 Å². The second-order valence-corrected chi connectivity index (χ2v) is 8.33. The van der Waals surface area contributed by atoms with Crippen LogP contribution in [0.1, 0.15) is 25.5 Å². The van der Waals surface area contributed by atoms with Crippen molar-refractivity contribution in [2.45, 2.75) is 30.7 Å². The van der Waals surface area contributed by atoms with Gasteiger partial charge in [-0.1, -0.05) is 0 Å². The van der Waals surface area contributed by atoms with Crippen LogP contribution in [-0.4, -0.2) is 32.7 Å². The summed E-state index contributed by atoms with van der Waals surface area (Å²) in [7, 11) is 0. The second kappa shape index (κ2) is 6.76. The van der Waals surface area contributed by atoms with Crippen molar-refractivity contribution in [2.24, 2.45) is 0 Å². The summed E-state index contributed by atoms with van der Waals surface area (Å²) in [6.45, 7) is 5.23. The van der Waals surface area contributed by atoms with Gasteiger partial charge in [0.05, 0.1) is 0 Å². The summed E-state index contributed by atoms with van der Waals surface area (Å²) in [5, 5.41) is 2.19. The second-order valence-electron chi connectivity index (χ2n) is 5.57. The molecular weight excluding hydrogens is 325 g/mol. The van der Waals surface area contributed by atoms with E-state index < -0.39 is 0 Å². The van der Waals surface area contributed by atoms with Gasteiger partial charge in [-0.3, -0.25) is 0 Å². The Morgan fingerprint density at radius 3 is 2.24 bits per heavy atom. The van der Waals surface area contributed by atoms with Gasteiger partial charge in [0.1, 0.15) is 0 Å². The number of hydrogen-bond donors (Lipinski definition) is 0. The van der Waals surface area contributed by atoms with Crippen molar-refractivity contribution in [2.75, 3.05) is 6.61 Å². The van der Waals surface area contributed by atoms with Gasteiger partial charge in [0.15, 0.2) is 0 Å². The molecule has 1 heterocycles. The maximum absolute atomic E-state index is 6.02. The fourth-order valence-electron chi connectivity index (χ4n) is 2.75. The van der Waals surface area contributed by atoms with Gasteiger partial charge < -0.3 is 0 Å². The minimum atomic E-state index is 0.367. The maximum atomic E-state index is 6.02. The molecular formula is C18H21NOSe. The standard InChI is InChI=1S/C18H21NOSe/c1-14(2)19-18(15-9-5-3-6-10-15)17(13-20-19)21-16-11-7-4-8-12-16/h3-12,14,17-18H,13H2,1-2H3/t17-,18+/m1/s1. The Bertz CT molecular complexity index is 558. The van der Waals surface area contributed by atoms with Crippen LogP contribution in [0.5, 0.6) is 0 Å². The Morgan fingerprint density at radius 1 is 1.00 bits per heavy atom. The average molecular weight is 346 g/mol. The van der Waals surface area contributed by atoms with Gasteiger partial charge in [-0.15, -0.1) is 0 Å². The molecule has 0 N–H and O–H groups in total. The molecule has 1 aliphatic rings. The summed E-state index contributed by atoms with van der Waals surface area (Å²) in [5.74, 6) is 0. The molecule has 2 aromatic carbocycles. The van der Waals surface area contributed by atoms with Crippen molar-refractivity contribution in [3.05, 3.63) is 66.2 Å². The first kappa shape index (κ1) is 14.8. The van der Waals surface area contributed by atoms with Gasteiger partial charge in [-0.2, -0.15) is 0 Å². The zero-order valence-electron chi connectivity index (χ0n) is 12.5. The Labute approximate surface area is 133 Å². The van der Waals surface area contributed by atoms with Crippen LogP contribution in [0.4, 0.5) is 0 Å². The summed E-state index contributed by atoms with van der Waals surface area (Å²) < 4.78 is 1.45. The average Bonchev–Trinajstić information content (AvgIpc) is 2.93. The first-order valence-corrected chi connectivity index (χ1v) is 9.28. The van der Waals surface area contributed by atoms with Crippen molar-refractivity contribution in [1.29, 1.82) is 0 Å². The van der Waals surface area contributed by atoms with Crippen molar-refractivity contribution in [1.82, 2.24) is 5.06 Å². The third-order valence-corrected chi connectivity index (χ3v) is 6.30. The molecule has 110 valence electrons. The summed E-state index contributed by atoms with van der Waals surface area (Å²) in [4.78, 5) is 6.58. The van der Waals surface area contributed by atoms with E-state index in [4.69, 9.17) is 4.84 Å². The summed E-state index contributed by atoms with van der Waals surface area (Å²) in [5.41, 5.74) is 1.37. The topological polar surface area (TPSA) is 12.5 Å². The van der Waals surface area contributed by atoms with E-state index in [1.54, 1.807) is 0 Å². The molecule has 0 radical (unpaired) electrons. The van der Waals surface area contributed by atoms with Crippen molar-refractivity contribution in [3.63, 3.8) is 0 Å². The fraction of sp³-hybridized carbons (Fsp3) is 0.333. The summed E-state index contributed by atoms with van der Waals surface area (Å²) in [6, 6.07) is 22.4. The molecule has 1 aliphatic heterocycles.